The first kappa shape index (κ1) is 9.39. The second-order valence-corrected chi connectivity index (χ2v) is 2.13. The molecule has 0 bridgehead atoms. The van der Waals surface area contributed by atoms with E-state index in [2.05, 4.69) is 4.84 Å². The van der Waals surface area contributed by atoms with E-state index in [1.54, 1.807) is 6.92 Å². The fourth-order valence-electron chi connectivity index (χ4n) is 0.483. The van der Waals surface area contributed by atoms with Crippen LogP contribution >= 0.6 is 0 Å². The fourth-order valence-corrected chi connectivity index (χ4v) is 0.483. The molecule has 0 aromatic rings. The van der Waals surface area contributed by atoms with Crippen LogP contribution in [0.2, 0.25) is 0 Å². The van der Waals surface area contributed by atoms with Crippen molar-refractivity contribution in [1.82, 2.24) is 5.06 Å². The molecule has 0 saturated heterocycles. The molecule has 1 atom stereocenters. The van der Waals surface area contributed by atoms with Crippen molar-refractivity contribution in [2.45, 2.75) is 19.4 Å². The molecule has 0 radical (unpaired) electrons. The average Bonchev–Trinajstić information content (AvgIpc) is 1.85. The Morgan fingerprint density at radius 3 is 2.60 bits per heavy atom. The second kappa shape index (κ2) is 4.24. The molecule has 0 aliphatic heterocycles. The number of rotatable bonds is 3. The quantitative estimate of drug-likeness (QED) is 0.561. The second-order valence-electron chi connectivity index (χ2n) is 2.13. The first-order valence-electron chi connectivity index (χ1n) is 3.06. The van der Waals surface area contributed by atoms with E-state index < -0.39 is 6.10 Å². The van der Waals surface area contributed by atoms with E-state index in [1.165, 1.54) is 14.2 Å². The summed E-state index contributed by atoms with van der Waals surface area (Å²) >= 11 is 0. The highest BCUT2D eigenvalue weighted by molar-refractivity contribution is 5.75. The molecule has 0 aromatic carbocycles. The minimum atomic E-state index is -0.606. The summed E-state index contributed by atoms with van der Waals surface area (Å²) in [5.41, 5.74) is 0. The van der Waals surface area contributed by atoms with Crippen LogP contribution in [0.1, 0.15) is 13.3 Å². The van der Waals surface area contributed by atoms with Crippen molar-refractivity contribution < 1.29 is 14.7 Å². The Morgan fingerprint density at radius 1 is 1.80 bits per heavy atom. The van der Waals surface area contributed by atoms with Crippen molar-refractivity contribution in [3.05, 3.63) is 0 Å². The highest BCUT2D eigenvalue weighted by Crippen LogP contribution is 1.94. The zero-order chi connectivity index (χ0) is 8.15. The molecule has 0 rings (SSSR count). The third-order valence-corrected chi connectivity index (χ3v) is 1.10. The third-order valence-electron chi connectivity index (χ3n) is 1.10. The summed E-state index contributed by atoms with van der Waals surface area (Å²) in [6.07, 6.45) is -0.505. The summed E-state index contributed by atoms with van der Waals surface area (Å²) < 4.78 is 0. The lowest BCUT2D eigenvalue weighted by Gasteiger charge is -2.13. The lowest BCUT2D eigenvalue weighted by Crippen LogP contribution is -2.27. The SMILES string of the molecule is CON(C)C(=O)C[C@H](C)O. The molecule has 0 saturated carbocycles. The predicted octanol–water partition coefficient (Wildman–Crippen LogP) is -0.223. The van der Waals surface area contributed by atoms with Crippen LogP contribution in [-0.4, -0.2) is 36.3 Å². The molecule has 0 heterocycles. The minimum absolute atomic E-state index is 0.102. The third kappa shape index (κ3) is 3.42. The first-order chi connectivity index (χ1) is 4.57. The van der Waals surface area contributed by atoms with Gasteiger partial charge in [0.1, 0.15) is 0 Å². The number of hydrogen-bond acceptors (Lipinski definition) is 3. The molecule has 4 nitrogen and oxygen atoms in total. The van der Waals surface area contributed by atoms with Crippen LogP contribution in [-0.2, 0) is 9.63 Å². The number of nitrogens with zero attached hydrogens (tertiary/aromatic N) is 1. The molecule has 0 aliphatic carbocycles. The molecule has 10 heavy (non-hydrogen) atoms. The maximum atomic E-state index is 10.8. The Labute approximate surface area is 60.3 Å². The Bertz CT molecular complexity index is 114. The molecule has 1 N–H and O–H groups in total. The molecule has 60 valence electrons. The predicted molar refractivity (Wildman–Crippen MR) is 36.1 cm³/mol. The van der Waals surface area contributed by atoms with Crippen LogP contribution in [0.4, 0.5) is 0 Å². The number of hydrogen-bond donors (Lipinski definition) is 1. The van der Waals surface area contributed by atoms with Crippen molar-refractivity contribution in [3.63, 3.8) is 0 Å². The van der Waals surface area contributed by atoms with Crippen LogP contribution in [0, 0.1) is 0 Å². The Kier molecular flexibility index (Phi) is 3.99. The van der Waals surface area contributed by atoms with E-state index in [9.17, 15) is 4.79 Å². The maximum absolute atomic E-state index is 10.8. The highest BCUT2D eigenvalue weighted by Gasteiger charge is 2.09. The smallest absolute Gasteiger partial charge is 0.248 e. The summed E-state index contributed by atoms with van der Waals surface area (Å²) in [6, 6.07) is 0. The minimum Gasteiger partial charge on any atom is -0.393 e. The van der Waals surface area contributed by atoms with Gasteiger partial charge in [-0.3, -0.25) is 9.63 Å². The van der Waals surface area contributed by atoms with E-state index >= 15 is 0 Å². The van der Waals surface area contributed by atoms with Gasteiger partial charge in [-0.15, -0.1) is 0 Å². The van der Waals surface area contributed by atoms with Gasteiger partial charge < -0.3 is 5.11 Å². The zero-order valence-corrected chi connectivity index (χ0v) is 6.50. The molecular weight excluding hydrogens is 134 g/mol. The standard InChI is InChI=1S/C6H13NO3/c1-5(8)4-6(9)7(2)10-3/h5,8H,4H2,1-3H3/t5-/m0/s1. The average molecular weight is 147 g/mol. The molecule has 0 aromatic heterocycles. The van der Waals surface area contributed by atoms with Crippen molar-refractivity contribution in [1.29, 1.82) is 0 Å². The van der Waals surface area contributed by atoms with E-state index in [0.29, 0.717) is 0 Å². The van der Waals surface area contributed by atoms with Gasteiger partial charge in [-0.2, -0.15) is 0 Å². The summed E-state index contributed by atoms with van der Waals surface area (Å²) in [6.45, 7) is 1.56. The van der Waals surface area contributed by atoms with Gasteiger partial charge in [0.15, 0.2) is 0 Å². The van der Waals surface area contributed by atoms with Crippen LogP contribution in [0.3, 0.4) is 0 Å². The number of carbonyl (C=O) groups excluding carboxylic acids is 1. The zero-order valence-electron chi connectivity index (χ0n) is 6.50. The lowest BCUT2D eigenvalue weighted by atomic mass is 10.3. The highest BCUT2D eigenvalue weighted by atomic mass is 16.7. The number of aliphatic hydroxyl groups excluding tert-OH is 1. The van der Waals surface area contributed by atoms with Gasteiger partial charge in [0, 0.05) is 7.05 Å². The topological polar surface area (TPSA) is 49.8 Å². The summed E-state index contributed by atoms with van der Waals surface area (Å²) in [5.74, 6) is -0.225. The van der Waals surface area contributed by atoms with E-state index in [-0.39, 0.29) is 12.3 Å². The van der Waals surface area contributed by atoms with E-state index in [4.69, 9.17) is 5.11 Å². The lowest BCUT2D eigenvalue weighted by molar-refractivity contribution is -0.170. The van der Waals surface area contributed by atoms with Crippen molar-refractivity contribution in [2.24, 2.45) is 0 Å². The molecule has 0 spiro atoms. The largest absolute Gasteiger partial charge is 0.393 e. The van der Waals surface area contributed by atoms with Crippen molar-refractivity contribution in [3.8, 4) is 0 Å². The molecule has 0 unspecified atom stereocenters. The molecule has 4 heteroatoms. The molecule has 0 aliphatic rings. The summed E-state index contributed by atoms with van der Waals surface area (Å²) in [5, 5.41) is 9.85. The molecular formula is C6H13NO3. The van der Waals surface area contributed by atoms with Gasteiger partial charge in [0.25, 0.3) is 0 Å². The summed E-state index contributed by atoms with van der Waals surface area (Å²) in [4.78, 5) is 15.4. The monoisotopic (exact) mass is 147 g/mol. The van der Waals surface area contributed by atoms with Gasteiger partial charge in [-0.05, 0) is 6.92 Å². The van der Waals surface area contributed by atoms with Crippen LogP contribution in [0.5, 0.6) is 0 Å². The first-order valence-corrected chi connectivity index (χ1v) is 3.06. The van der Waals surface area contributed by atoms with Gasteiger partial charge in [-0.25, -0.2) is 5.06 Å². The number of aliphatic hydroxyl groups is 1. The number of carbonyl (C=O) groups is 1. The number of hydroxylamine groups is 2. The van der Waals surface area contributed by atoms with Gasteiger partial charge >= 0.3 is 0 Å². The van der Waals surface area contributed by atoms with Crippen LogP contribution in [0.25, 0.3) is 0 Å². The van der Waals surface area contributed by atoms with Gasteiger partial charge in [0.2, 0.25) is 5.91 Å². The fraction of sp³-hybridized carbons (Fsp3) is 0.833. The van der Waals surface area contributed by atoms with Gasteiger partial charge in [-0.1, -0.05) is 0 Å². The Balaban J connectivity index is 3.62. The molecule has 0 fully saturated rings. The Morgan fingerprint density at radius 2 is 2.30 bits per heavy atom. The Hall–Kier alpha value is -0.610. The summed E-state index contributed by atoms with van der Waals surface area (Å²) in [7, 11) is 2.91. The van der Waals surface area contributed by atoms with Crippen LogP contribution in [0.15, 0.2) is 0 Å². The van der Waals surface area contributed by atoms with Crippen molar-refractivity contribution >= 4 is 5.91 Å². The molecule has 1 amide bonds. The van der Waals surface area contributed by atoms with Crippen LogP contribution < -0.4 is 0 Å². The van der Waals surface area contributed by atoms with E-state index in [1.807, 2.05) is 0 Å². The van der Waals surface area contributed by atoms with Crippen molar-refractivity contribution in [2.75, 3.05) is 14.2 Å². The maximum Gasteiger partial charge on any atom is 0.248 e. The normalized spacial score (nSPS) is 12.8. The van der Waals surface area contributed by atoms with Gasteiger partial charge in [0.05, 0.1) is 19.6 Å². The number of amides is 1. The van der Waals surface area contributed by atoms with E-state index in [0.717, 1.165) is 5.06 Å².